The number of ether oxygens (including phenoxy) is 1. The number of rotatable bonds is 6. The van der Waals surface area contributed by atoms with Gasteiger partial charge in [0.15, 0.2) is 5.11 Å². The average molecular weight is 421 g/mol. The summed E-state index contributed by atoms with van der Waals surface area (Å²) in [5.41, 5.74) is 6.05. The molecule has 1 aliphatic rings. The Morgan fingerprint density at radius 2 is 1.90 bits per heavy atom. The van der Waals surface area contributed by atoms with Crippen LogP contribution in [0.1, 0.15) is 47.2 Å². The maximum atomic E-state index is 5.81. The molecule has 0 spiro atoms. The fourth-order valence-corrected chi connectivity index (χ4v) is 4.76. The third-order valence-corrected chi connectivity index (χ3v) is 6.31. The quantitative estimate of drug-likeness (QED) is 0.586. The topological polar surface area (TPSA) is 42.3 Å². The Hall–Kier alpha value is -2.86. The van der Waals surface area contributed by atoms with Gasteiger partial charge in [0, 0.05) is 30.7 Å². The highest BCUT2D eigenvalue weighted by molar-refractivity contribution is 7.80. The maximum absolute atomic E-state index is 5.81. The fourth-order valence-electron chi connectivity index (χ4n) is 4.46. The number of hydrogen-bond donors (Lipinski definition) is 1. The molecule has 6 heteroatoms. The molecule has 1 saturated heterocycles. The van der Waals surface area contributed by atoms with Crippen LogP contribution in [-0.2, 0) is 13.1 Å². The lowest BCUT2D eigenvalue weighted by Crippen LogP contribution is -2.29. The largest absolute Gasteiger partial charge is 0.497 e. The maximum Gasteiger partial charge on any atom is 0.170 e. The minimum absolute atomic E-state index is 0.00255. The predicted molar refractivity (Wildman–Crippen MR) is 124 cm³/mol. The first-order valence-corrected chi connectivity index (χ1v) is 10.7. The van der Waals surface area contributed by atoms with Gasteiger partial charge < -0.3 is 19.5 Å². The van der Waals surface area contributed by atoms with Crippen LogP contribution in [0.15, 0.2) is 54.7 Å². The van der Waals surface area contributed by atoms with Gasteiger partial charge in [0.25, 0.3) is 0 Å². The standard InChI is InChI=1S/C24H28N4OS/c1-5-27-16(2)14-20(17(27)3)23-22(21-8-6-7-13-25-21)26-24(30)28(23)15-18-9-11-19(29-4)12-10-18/h6-14,22-23H,5,15H2,1-4H3,(H,26,30)/t22-,23-/m1/s1. The molecule has 1 fully saturated rings. The molecule has 156 valence electrons. The Bertz CT molecular complexity index is 1030. The van der Waals surface area contributed by atoms with Crippen molar-refractivity contribution in [2.45, 2.75) is 45.9 Å². The monoisotopic (exact) mass is 420 g/mol. The number of nitrogens with one attached hydrogen (secondary N) is 1. The van der Waals surface area contributed by atoms with Gasteiger partial charge in [0.2, 0.25) is 0 Å². The Morgan fingerprint density at radius 3 is 2.50 bits per heavy atom. The van der Waals surface area contributed by atoms with Crippen molar-refractivity contribution in [3.63, 3.8) is 0 Å². The van der Waals surface area contributed by atoms with Crippen LogP contribution in [0.5, 0.6) is 5.75 Å². The second-order valence-corrected chi connectivity index (χ2v) is 8.06. The zero-order chi connectivity index (χ0) is 21.3. The van der Waals surface area contributed by atoms with Gasteiger partial charge in [-0.05, 0) is 74.4 Å². The first kappa shape index (κ1) is 20.4. The molecule has 2 aromatic heterocycles. The summed E-state index contributed by atoms with van der Waals surface area (Å²) in [5.74, 6) is 0.857. The van der Waals surface area contributed by atoms with Crippen LogP contribution in [0, 0.1) is 13.8 Å². The number of hydrogen-bond acceptors (Lipinski definition) is 3. The molecule has 1 aromatic carbocycles. The van der Waals surface area contributed by atoms with E-state index in [2.05, 4.69) is 64.8 Å². The SMILES string of the molecule is CCn1c(C)cc([C@@H]2[C@@H](c3ccccn3)NC(=S)N2Cc2ccc(OC)cc2)c1C. The molecule has 1 aliphatic heterocycles. The van der Waals surface area contributed by atoms with Crippen LogP contribution in [0.25, 0.3) is 0 Å². The summed E-state index contributed by atoms with van der Waals surface area (Å²) in [7, 11) is 1.69. The molecule has 0 bridgehead atoms. The van der Waals surface area contributed by atoms with E-state index in [0.29, 0.717) is 0 Å². The molecule has 0 saturated carbocycles. The molecule has 2 atom stereocenters. The van der Waals surface area contributed by atoms with Crippen LogP contribution in [-0.4, -0.2) is 26.7 Å². The molecule has 5 nitrogen and oxygen atoms in total. The van der Waals surface area contributed by atoms with Crippen molar-refractivity contribution in [3.05, 3.63) is 82.9 Å². The van der Waals surface area contributed by atoms with E-state index in [1.165, 1.54) is 22.5 Å². The van der Waals surface area contributed by atoms with E-state index in [-0.39, 0.29) is 12.1 Å². The fraction of sp³-hybridized carbons (Fsp3) is 0.333. The second-order valence-electron chi connectivity index (χ2n) is 7.67. The van der Waals surface area contributed by atoms with Crippen LogP contribution in [0.3, 0.4) is 0 Å². The summed E-state index contributed by atoms with van der Waals surface area (Å²) in [6.45, 7) is 8.24. The number of thiocarbonyl (C=S) groups is 1. The highest BCUT2D eigenvalue weighted by Crippen LogP contribution is 2.41. The zero-order valence-electron chi connectivity index (χ0n) is 17.9. The summed E-state index contributed by atoms with van der Waals surface area (Å²) < 4.78 is 7.67. The van der Waals surface area contributed by atoms with Crippen LogP contribution < -0.4 is 10.1 Å². The summed E-state index contributed by atoms with van der Waals surface area (Å²) >= 11 is 5.81. The second kappa shape index (κ2) is 8.48. The summed E-state index contributed by atoms with van der Waals surface area (Å²) in [6.07, 6.45) is 1.85. The molecule has 3 aromatic rings. The number of aryl methyl sites for hydroxylation is 1. The highest BCUT2D eigenvalue weighted by atomic mass is 32.1. The van der Waals surface area contributed by atoms with E-state index in [9.17, 15) is 0 Å². The molecule has 30 heavy (non-hydrogen) atoms. The third-order valence-electron chi connectivity index (χ3n) is 5.96. The van der Waals surface area contributed by atoms with Crippen molar-refractivity contribution < 1.29 is 4.74 Å². The Balaban J connectivity index is 1.76. The lowest BCUT2D eigenvalue weighted by molar-refractivity contribution is 0.309. The van der Waals surface area contributed by atoms with Crippen molar-refractivity contribution in [2.24, 2.45) is 0 Å². The van der Waals surface area contributed by atoms with E-state index < -0.39 is 0 Å². The van der Waals surface area contributed by atoms with Gasteiger partial charge in [-0.25, -0.2) is 0 Å². The van der Waals surface area contributed by atoms with Gasteiger partial charge in [-0.3, -0.25) is 4.98 Å². The smallest absolute Gasteiger partial charge is 0.170 e. The van der Waals surface area contributed by atoms with Crippen molar-refractivity contribution in [2.75, 3.05) is 7.11 Å². The highest BCUT2D eigenvalue weighted by Gasteiger charge is 2.41. The van der Waals surface area contributed by atoms with Crippen LogP contribution >= 0.6 is 12.2 Å². The van der Waals surface area contributed by atoms with Gasteiger partial charge in [0.05, 0.1) is 24.9 Å². The lowest BCUT2D eigenvalue weighted by atomic mass is 9.96. The Labute approximate surface area is 183 Å². The molecule has 0 aliphatic carbocycles. The van der Waals surface area contributed by atoms with Crippen LogP contribution in [0.4, 0.5) is 0 Å². The average Bonchev–Trinajstić information content (AvgIpc) is 3.24. The molecule has 1 N–H and O–H groups in total. The third kappa shape index (κ3) is 3.67. The van der Waals surface area contributed by atoms with Gasteiger partial charge in [-0.1, -0.05) is 18.2 Å². The molecular weight excluding hydrogens is 392 g/mol. The van der Waals surface area contributed by atoms with E-state index in [1.54, 1.807) is 7.11 Å². The van der Waals surface area contributed by atoms with E-state index in [4.69, 9.17) is 17.0 Å². The number of pyridine rings is 1. The molecule has 0 unspecified atom stereocenters. The van der Waals surface area contributed by atoms with Gasteiger partial charge in [0.1, 0.15) is 5.75 Å². The van der Waals surface area contributed by atoms with Crippen molar-refractivity contribution >= 4 is 17.3 Å². The molecule has 0 radical (unpaired) electrons. The number of benzene rings is 1. The van der Waals surface area contributed by atoms with Crippen molar-refractivity contribution in [1.29, 1.82) is 0 Å². The predicted octanol–water partition coefficient (Wildman–Crippen LogP) is 4.70. The zero-order valence-corrected chi connectivity index (χ0v) is 18.7. The normalized spacial score (nSPS) is 18.5. The number of methoxy groups -OCH3 is 1. The van der Waals surface area contributed by atoms with Crippen LogP contribution in [0.2, 0.25) is 0 Å². The summed E-state index contributed by atoms with van der Waals surface area (Å²) in [4.78, 5) is 6.93. The van der Waals surface area contributed by atoms with E-state index in [0.717, 1.165) is 29.6 Å². The van der Waals surface area contributed by atoms with Gasteiger partial charge >= 0.3 is 0 Å². The molecule has 0 amide bonds. The number of nitrogens with zero attached hydrogens (tertiary/aromatic N) is 3. The molecule has 4 rings (SSSR count). The molecule has 3 heterocycles. The summed E-state index contributed by atoms with van der Waals surface area (Å²) in [6, 6.07) is 16.6. The van der Waals surface area contributed by atoms with Gasteiger partial charge in [-0.15, -0.1) is 0 Å². The Kier molecular flexibility index (Phi) is 5.77. The van der Waals surface area contributed by atoms with E-state index >= 15 is 0 Å². The molecular formula is C24H28N4OS. The lowest BCUT2D eigenvalue weighted by Gasteiger charge is -2.28. The minimum Gasteiger partial charge on any atom is -0.497 e. The van der Waals surface area contributed by atoms with Crippen molar-refractivity contribution in [3.8, 4) is 5.75 Å². The summed E-state index contributed by atoms with van der Waals surface area (Å²) in [5, 5.41) is 4.30. The minimum atomic E-state index is 0.00255. The van der Waals surface area contributed by atoms with Crippen molar-refractivity contribution in [1.82, 2.24) is 19.8 Å². The van der Waals surface area contributed by atoms with Gasteiger partial charge in [-0.2, -0.15) is 0 Å². The Morgan fingerprint density at radius 1 is 1.13 bits per heavy atom. The van der Waals surface area contributed by atoms with E-state index in [1.807, 2.05) is 30.5 Å². The first-order chi connectivity index (χ1) is 14.5. The number of aromatic nitrogens is 2. The first-order valence-electron chi connectivity index (χ1n) is 10.3.